The molecule has 1 aliphatic heterocycles. The molecular weight excluding hydrogens is 725 g/mol. The van der Waals surface area contributed by atoms with Crippen molar-refractivity contribution < 1.29 is 4.74 Å². The van der Waals surface area contributed by atoms with Crippen LogP contribution in [0.2, 0.25) is 0 Å². The largest absolute Gasteiger partial charge is 0.330 e. The van der Waals surface area contributed by atoms with E-state index in [9.17, 15) is 0 Å². The van der Waals surface area contributed by atoms with Gasteiger partial charge in [-0.15, -0.1) is 12.4 Å². The summed E-state index contributed by atoms with van der Waals surface area (Å²) in [6, 6.07) is 51.5. The van der Waals surface area contributed by atoms with E-state index in [1.807, 2.05) is 42.5 Å². The normalized spacial score (nSPS) is 15.8. The van der Waals surface area contributed by atoms with Gasteiger partial charge in [-0.3, -0.25) is 10.3 Å². The molecule has 6 rings (SSSR count). The molecule has 0 saturated heterocycles. The summed E-state index contributed by atoms with van der Waals surface area (Å²) in [7, 11) is 0. The predicted molar refractivity (Wildman–Crippen MR) is 220 cm³/mol. The van der Waals surface area contributed by atoms with Crippen molar-refractivity contribution in [3.8, 4) is 5.75 Å². The van der Waals surface area contributed by atoms with Gasteiger partial charge in [0.05, 0.1) is 0 Å². The van der Waals surface area contributed by atoms with Crippen LogP contribution in [0, 0.1) is 0 Å². The molecule has 260 valence electrons. The molecular formula is C41H46BrClN5OP. The van der Waals surface area contributed by atoms with Crippen LogP contribution in [0.25, 0.3) is 0 Å². The van der Waals surface area contributed by atoms with Crippen molar-refractivity contribution in [3.63, 3.8) is 0 Å². The van der Waals surface area contributed by atoms with Crippen LogP contribution < -0.4 is 37.0 Å². The molecule has 0 saturated carbocycles. The molecule has 1 aliphatic rings. The molecule has 0 spiro atoms. The fourth-order valence-electron chi connectivity index (χ4n) is 6.53. The number of nitrogens with zero attached hydrogens (tertiary/aromatic N) is 2. The van der Waals surface area contributed by atoms with Gasteiger partial charge in [0.15, 0.2) is 11.9 Å². The molecule has 6 nitrogen and oxygen atoms in total. The average Bonchev–Trinajstić information content (AvgIpc) is 3.16. The number of hydrogen-bond acceptors (Lipinski definition) is 4. The summed E-state index contributed by atoms with van der Waals surface area (Å²) >= 11 is 4.57. The monoisotopic (exact) mass is 769 g/mol. The van der Waals surface area contributed by atoms with E-state index in [-0.39, 0.29) is 18.6 Å². The zero-order valence-corrected chi connectivity index (χ0v) is 31.5. The Hall–Kier alpha value is -4.16. The number of hydrogen-bond donors (Lipinski definition) is 3. The van der Waals surface area contributed by atoms with Gasteiger partial charge < -0.3 is 11.1 Å². The SMILES string of the molecule is Cl.NC1=NC(c2ccc(OCCCCCCP(Br)(c3ccccc3)(c3ccccc3)c3ccccc3)cc2)NC(=NCCc2ccccc2)N1. The van der Waals surface area contributed by atoms with Crippen LogP contribution in [0.4, 0.5) is 0 Å². The van der Waals surface area contributed by atoms with Crippen LogP contribution in [-0.4, -0.2) is 31.2 Å². The number of unbranched alkanes of at least 4 members (excludes halogenated alkanes) is 3. The van der Waals surface area contributed by atoms with Crippen molar-refractivity contribution >= 4 is 61.0 Å². The second kappa shape index (κ2) is 17.7. The first-order valence-electron chi connectivity index (χ1n) is 17.1. The molecule has 5 aromatic carbocycles. The molecule has 0 aromatic heterocycles. The van der Waals surface area contributed by atoms with Gasteiger partial charge in [0, 0.05) is 6.54 Å². The maximum atomic E-state index is 6.14. The first-order valence-corrected chi connectivity index (χ1v) is 21.5. The second-order valence-electron chi connectivity index (χ2n) is 12.4. The molecule has 0 radical (unpaired) electrons. The zero-order chi connectivity index (χ0) is 33.8. The van der Waals surface area contributed by atoms with Crippen molar-refractivity contribution in [2.24, 2.45) is 15.7 Å². The number of rotatable bonds is 15. The van der Waals surface area contributed by atoms with Gasteiger partial charge in [0.25, 0.3) is 0 Å². The minimum absolute atomic E-state index is 0. The van der Waals surface area contributed by atoms with E-state index >= 15 is 0 Å². The Labute approximate surface area is 310 Å². The number of nitrogens with one attached hydrogen (secondary N) is 2. The van der Waals surface area contributed by atoms with Crippen molar-refractivity contribution in [2.75, 3.05) is 19.3 Å². The quantitative estimate of drug-likeness (QED) is 0.0745. The number of guanidine groups is 2. The van der Waals surface area contributed by atoms with Gasteiger partial charge >= 0.3 is 213 Å². The summed E-state index contributed by atoms with van der Waals surface area (Å²) in [5.41, 5.74) is 8.34. The maximum Gasteiger partial charge on any atom is 0.200 e. The van der Waals surface area contributed by atoms with Gasteiger partial charge in [0.1, 0.15) is 0 Å². The molecule has 5 aromatic rings. The van der Waals surface area contributed by atoms with Gasteiger partial charge in [0.2, 0.25) is 0 Å². The maximum absolute atomic E-state index is 6.14. The first-order chi connectivity index (χ1) is 24.0. The Kier molecular flexibility index (Phi) is 13.1. The number of aliphatic imine (C=N–C) groups is 2. The molecule has 50 heavy (non-hydrogen) atoms. The topological polar surface area (TPSA) is 84.0 Å². The molecule has 0 amide bonds. The zero-order valence-electron chi connectivity index (χ0n) is 28.2. The van der Waals surface area contributed by atoms with Crippen LogP contribution in [0.3, 0.4) is 0 Å². The van der Waals surface area contributed by atoms with Gasteiger partial charge in [-0.05, 0) is 12.0 Å². The van der Waals surface area contributed by atoms with Gasteiger partial charge in [-0.25, -0.2) is 4.99 Å². The van der Waals surface area contributed by atoms with Crippen LogP contribution in [-0.2, 0) is 6.42 Å². The van der Waals surface area contributed by atoms with E-state index in [0.717, 1.165) is 49.6 Å². The fraction of sp³-hybridized carbons (Fsp3) is 0.220. The van der Waals surface area contributed by atoms with Crippen LogP contribution in [0.5, 0.6) is 5.75 Å². The molecule has 4 N–H and O–H groups in total. The third-order valence-electron chi connectivity index (χ3n) is 9.12. The van der Waals surface area contributed by atoms with E-state index in [0.29, 0.717) is 25.1 Å². The molecule has 0 aliphatic carbocycles. The van der Waals surface area contributed by atoms with E-state index in [4.69, 9.17) is 10.5 Å². The summed E-state index contributed by atoms with van der Waals surface area (Å²) in [5.74, 6) is 1.84. The minimum Gasteiger partial charge on any atom is -0.330 e. The van der Waals surface area contributed by atoms with Gasteiger partial charge in [-0.2, -0.15) is 0 Å². The first kappa shape index (κ1) is 37.1. The summed E-state index contributed by atoms with van der Waals surface area (Å²) in [6.07, 6.45) is 5.96. The average molecular weight is 771 g/mol. The fourth-order valence-corrected chi connectivity index (χ4v) is 14.3. The molecule has 1 atom stereocenters. The van der Waals surface area contributed by atoms with Crippen LogP contribution >= 0.6 is 33.2 Å². The van der Waals surface area contributed by atoms with Crippen LogP contribution in [0.1, 0.15) is 43.0 Å². The molecule has 1 heterocycles. The van der Waals surface area contributed by atoms with E-state index in [1.54, 1.807) is 0 Å². The van der Waals surface area contributed by atoms with E-state index in [1.165, 1.54) is 21.5 Å². The molecule has 9 heteroatoms. The summed E-state index contributed by atoms with van der Waals surface area (Å²) in [6.45, 7) is 1.33. The third kappa shape index (κ3) is 8.76. The van der Waals surface area contributed by atoms with E-state index < -0.39 is 5.31 Å². The number of halogens is 2. The second-order valence-corrected chi connectivity index (χ2v) is 21.5. The van der Waals surface area contributed by atoms with E-state index in [2.05, 4.69) is 139 Å². The molecule has 0 bridgehead atoms. The number of benzene rings is 5. The third-order valence-corrected chi connectivity index (χ3v) is 19.2. The standard InChI is InChI=1S/C41H45BrN5OP.ClH/c42-49(36-19-9-4-10-20-36,37-21-11-5-12-22-37,38-23-13-6-14-24-38)32-16-2-1-15-31-48-35-27-25-34(26-28-35)39-45-40(43)47-41(46-39)44-30-29-33-17-7-3-8-18-33;/h3-14,17-28,39H,1-2,15-16,29-32H2,(H4,43,44,45,46,47);1H. The summed E-state index contributed by atoms with van der Waals surface area (Å²) in [4.78, 5) is 9.20. The van der Waals surface area contributed by atoms with Gasteiger partial charge in [-0.1, -0.05) is 30.3 Å². The Morgan fingerprint density at radius 3 is 1.76 bits per heavy atom. The van der Waals surface area contributed by atoms with Crippen molar-refractivity contribution in [1.29, 1.82) is 0 Å². The Bertz CT molecular complexity index is 1730. The Morgan fingerprint density at radius 2 is 1.20 bits per heavy atom. The Morgan fingerprint density at radius 1 is 0.680 bits per heavy atom. The Balaban J connectivity index is 0.00000486. The van der Waals surface area contributed by atoms with Crippen molar-refractivity contribution in [3.05, 3.63) is 157 Å². The smallest absolute Gasteiger partial charge is 0.200 e. The summed E-state index contributed by atoms with van der Waals surface area (Å²) in [5, 5.41) is 7.64. The van der Waals surface area contributed by atoms with Crippen molar-refractivity contribution in [1.82, 2.24) is 10.6 Å². The number of ether oxygens (including phenoxy) is 1. The predicted octanol–water partition coefficient (Wildman–Crippen LogP) is 7.99. The van der Waals surface area contributed by atoms with Crippen molar-refractivity contribution in [2.45, 2.75) is 38.3 Å². The van der Waals surface area contributed by atoms with Crippen LogP contribution in [0.15, 0.2) is 156 Å². The summed E-state index contributed by atoms with van der Waals surface area (Å²) < 4.78 is 6.14. The molecule has 0 fully saturated rings. The minimum atomic E-state index is -2.86. The number of nitrogens with two attached hydrogens (primary N) is 1. The molecule has 1 unspecified atom stereocenters.